The number of nitrogens with one attached hydrogen (secondary N) is 1. The molecule has 0 aromatic heterocycles. The Labute approximate surface area is 94.4 Å². The van der Waals surface area contributed by atoms with Crippen LogP contribution in [-0.4, -0.2) is 36.6 Å². The van der Waals surface area contributed by atoms with Crippen molar-refractivity contribution in [3.8, 4) is 0 Å². The van der Waals surface area contributed by atoms with Crippen LogP contribution in [0.1, 0.15) is 40.0 Å². The number of rotatable bonds is 2. The van der Waals surface area contributed by atoms with Gasteiger partial charge in [-0.2, -0.15) is 0 Å². The molecule has 2 aliphatic carbocycles. The smallest absolute Gasteiger partial charge is 0.0246 e. The first-order valence-electron chi connectivity index (χ1n) is 6.31. The lowest BCUT2D eigenvalue weighted by Crippen LogP contribution is -2.55. The van der Waals surface area contributed by atoms with Crippen LogP contribution in [0.2, 0.25) is 0 Å². The number of hydrogen-bond donors (Lipinski definition) is 1. The SMILES string of the molecule is CN(C)[C@@H]1C[C@@H]2C[C@@H]2C[C@H]1NC(C)(C)C. The van der Waals surface area contributed by atoms with Gasteiger partial charge in [0, 0.05) is 17.6 Å². The lowest BCUT2D eigenvalue weighted by Gasteiger charge is -2.40. The van der Waals surface area contributed by atoms with Gasteiger partial charge in [-0.3, -0.25) is 0 Å². The highest BCUT2D eigenvalue weighted by molar-refractivity contribution is 5.02. The number of hydrogen-bond acceptors (Lipinski definition) is 2. The van der Waals surface area contributed by atoms with Crippen LogP contribution in [0.25, 0.3) is 0 Å². The predicted molar refractivity (Wildman–Crippen MR) is 65.0 cm³/mol. The maximum atomic E-state index is 3.80. The molecule has 0 aliphatic heterocycles. The van der Waals surface area contributed by atoms with Crippen molar-refractivity contribution in [2.75, 3.05) is 14.1 Å². The fourth-order valence-electron chi connectivity index (χ4n) is 3.13. The van der Waals surface area contributed by atoms with Crippen molar-refractivity contribution in [2.45, 2.75) is 57.7 Å². The lowest BCUT2D eigenvalue weighted by molar-refractivity contribution is 0.150. The summed E-state index contributed by atoms with van der Waals surface area (Å²) in [5, 5.41) is 3.80. The zero-order valence-electron chi connectivity index (χ0n) is 10.9. The van der Waals surface area contributed by atoms with E-state index < -0.39 is 0 Å². The summed E-state index contributed by atoms with van der Waals surface area (Å²) in [4.78, 5) is 2.41. The van der Waals surface area contributed by atoms with Gasteiger partial charge in [-0.1, -0.05) is 0 Å². The molecule has 4 atom stereocenters. The van der Waals surface area contributed by atoms with E-state index in [0.717, 1.165) is 17.9 Å². The maximum absolute atomic E-state index is 3.80. The molecule has 1 N–H and O–H groups in total. The van der Waals surface area contributed by atoms with E-state index in [4.69, 9.17) is 0 Å². The van der Waals surface area contributed by atoms with Gasteiger partial charge in [0.2, 0.25) is 0 Å². The van der Waals surface area contributed by atoms with Crippen molar-refractivity contribution in [3.63, 3.8) is 0 Å². The maximum Gasteiger partial charge on any atom is 0.0246 e. The molecule has 2 heteroatoms. The van der Waals surface area contributed by atoms with Gasteiger partial charge in [0.05, 0.1) is 0 Å². The van der Waals surface area contributed by atoms with Crippen molar-refractivity contribution in [1.29, 1.82) is 0 Å². The van der Waals surface area contributed by atoms with Gasteiger partial charge < -0.3 is 10.2 Å². The monoisotopic (exact) mass is 210 g/mol. The molecule has 88 valence electrons. The lowest BCUT2D eigenvalue weighted by atomic mass is 9.88. The molecule has 15 heavy (non-hydrogen) atoms. The summed E-state index contributed by atoms with van der Waals surface area (Å²) in [7, 11) is 4.45. The van der Waals surface area contributed by atoms with E-state index >= 15 is 0 Å². The zero-order valence-corrected chi connectivity index (χ0v) is 10.9. The molecule has 2 aliphatic rings. The van der Waals surface area contributed by atoms with Crippen LogP contribution in [0.4, 0.5) is 0 Å². The average molecular weight is 210 g/mol. The minimum atomic E-state index is 0.251. The van der Waals surface area contributed by atoms with E-state index in [1.165, 1.54) is 19.3 Å². The average Bonchev–Trinajstić information content (AvgIpc) is 2.76. The fourth-order valence-corrected chi connectivity index (χ4v) is 3.13. The molecule has 2 rings (SSSR count). The van der Waals surface area contributed by atoms with Crippen LogP contribution in [0, 0.1) is 11.8 Å². The van der Waals surface area contributed by atoms with E-state index in [0.29, 0.717) is 6.04 Å². The Morgan fingerprint density at radius 2 is 1.60 bits per heavy atom. The molecular weight excluding hydrogens is 184 g/mol. The second-order valence-electron chi connectivity index (χ2n) is 6.76. The summed E-state index contributed by atoms with van der Waals surface area (Å²) in [6, 6.07) is 1.44. The molecule has 2 fully saturated rings. The molecular formula is C13H26N2. The standard InChI is InChI=1S/C13H26N2/c1-13(2,3)14-11-7-9-6-10(9)8-12(11)15(4)5/h9-12,14H,6-8H2,1-5H3/t9-,10+,11-,12-/m1/s1. The molecule has 0 aromatic rings. The second-order valence-corrected chi connectivity index (χ2v) is 6.76. The Morgan fingerprint density at radius 1 is 1.00 bits per heavy atom. The van der Waals surface area contributed by atoms with Gasteiger partial charge in [-0.15, -0.1) is 0 Å². The number of fused-ring (bicyclic) bond motifs is 1. The first-order chi connectivity index (χ1) is 6.87. The van der Waals surface area contributed by atoms with Crippen LogP contribution >= 0.6 is 0 Å². The van der Waals surface area contributed by atoms with Crippen molar-refractivity contribution < 1.29 is 0 Å². The largest absolute Gasteiger partial charge is 0.308 e. The van der Waals surface area contributed by atoms with E-state index in [2.05, 4.69) is 45.1 Å². The van der Waals surface area contributed by atoms with Crippen LogP contribution in [-0.2, 0) is 0 Å². The topological polar surface area (TPSA) is 15.3 Å². The van der Waals surface area contributed by atoms with Crippen LogP contribution in [0.3, 0.4) is 0 Å². The van der Waals surface area contributed by atoms with E-state index in [1.807, 2.05) is 0 Å². The van der Waals surface area contributed by atoms with Crippen LogP contribution < -0.4 is 5.32 Å². The first-order valence-corrected chi connectivity index (χ1v) is 6.31. The summed E-state index contributed by atoms with van der Waals surface area (Å²) in [6.45, 7) is 6.83. The van der Waals surface area contributed by atoms with E-state index in [1.54, 1.807) is 0 Å². The molecule has 0 amide bonds. The molecule has 0 saturated heterocycles. The van der Waals surface area contributed by atoms with Gasteiger partial charge in [-0.05, 0) is 66.0 Å². The third-order valence-electron chi connectivity index (χ3n) is 3.92. The van der Waals surface area contributed by atoms with E-state index in [9.17, 15) is 0 Å². The Hall–Kier alpha value is -0.0800. The third kappa shape index (κ3) is 2.73. The predicted octanol–water partition coefficient (Wildman–Crippen LogP) is 2.10. The molecule has 0 spiro atoms. The minimum absolute atomic E-state index is 0.251. The summed E-state index contributed by atoms with van der Waals surface area (Å²) in [5.74, 6) is 2.09. The highest BCUT2D eigenvalue weighted by atomic mass is 15.2. The molecule has 0 radical (unpaired) electrons. The fraction of sp³-hybridized carbons (Fsp3) is 1.00. The Balaban J connectivity index is 1.99. The Morgan fingerprint density at radius 3 is 2.13 bits per heavy atom. The molecule has 0 bridgehead atoms. The minimum Gasteiger partial charge on any atom is -0.308 e. The van der Waals surface area contributed by atoms with Crippen molar-refractivity contribution in [1.82, 2.24) is 10.2 Å². The van der Waals surface area contributed by atoms with Gasteiger partial charge in [-0.25, -0.2) is 0 Å². The normalized spacial score (nSPS) is 40.4. The number of nitrogens with zero attached hydrogens (tertiary/aromatic N) is 1. The third-order valence-corrected chi connectivity index (χ3v) is 3.92. The molecule has 2 saturated carbocycles. The quantitative estimate of drug-likeness (QED) is 0.751. The molecule has 0 aromatic carbocycles. The van der Waals surface area contributed by atoms with Crippen molar-refractivity contribution >= 4 is 0 Å². The van der Waals surface area contributed by atoms with Crippen molar-refractivity contribution in [2.24, 2.45) is 11.8 Å². The first kappa shape index (κ1) is 11.4. The van der Waals surface area contributed by atoms with Gasteiger partial charge in [0.15, 0.2) is 0 Å². The van der Waals surface area contributed by atoms with Crippen molar-refractivity contribution in [3.05, 3.63) is 0 Å². The molecule has 0 heterocycles. The molecule has 0 unspecified atom stereocenters. The van der Waals surface area contributed by atoms with Crippen LogP contribution in [0.15, 0.2) is 0 Å². The highest BCUT2D eigenvalue weighted by Crippen LogP contribution is 2.50. The Kier molecular flexibility index (Phi) is 2.85. The van der Waals surface area contributed by atoms with Gasteiger partial charge >= 0.3 is 0 Å². The molecule has 2 nitrogen and oxygen atoms in total. The summed E-state index contributed by atoms with van der Waals surface area (Å²) in [5.41, 5.74) is 0.251. The van der Waals surface area contributed by atoms with Crippen LogP contribution in [0.5, 0.6) is 0 Å². The summed E-state index contributed by atoms with van der Waals surface area (Å²) >= 11 is 0. The second kappa shape index (κ2) is 3.74. The number of likely N-dealkylation sites (N-methyl/N-ethyl adjacent to an activating group) is 1. The zero-order chi connectivity index (χ0) is 11.2. The summed E-state index contributed by atoms with van der Waals surface area (Å²) in [6.07, 6.45) is 4.29. The van der Waals surface area contributed by atoms with Gasteiger partial charge in [0.1, 0.15) is 0 Å². The summed E-state index contributed by atoms with van der Waals surface area (Å²) < 4.78 is 0. The van der Waals surface area contributed by atoms with Gasteiger partial charge in [0.25, 0.3) is 0 Å². The highest BCUT2D eigenvalue weighted by Gasteiger charge is 2.47. The van der Waals surface area contributed by atoms with E-state index in [-0.39, 0.29) is 5.54 Å². The Bertz CT molecular complexity index is 229.